The van der Waals surface area contributed by atoms with Crippen LogP contribution in [0.1, 0.15) is 22.3 Å². The van der Waals surface area contributed by atoms with Gasteiger partial charge in [-0.05, 0) is 19.1 Å². The molecular weight excluding hydrogens is 289 g/mol. The van der Waals surface area contributed by atoms with Crippen LogP contribution in [0.5, 0.6) is 0 Å². The lowest BCUT2D eigenvalue weighted by atomic mass is 10.0. The van der Waals surface area contributed by atoms with Crippen molar-refractivity contribution in [1.82, 2.24) is 10.4 Å². The van der Waals surface area contributed by atoms with Gasteiger partial charge in [0, 0.05) is 27.4 Å². The molecule has 18 heavy (non-hydrogen) atoms. The molecule has 0 radical (unpaired) electrons. The highest BCUT2D eigenvalue weighted by atomic mass is 35.5. The van der Waals surface area contributed by atoms with Gasteiger partial charge in [-0.3, -0.25) is 11.3 Å². The zero-order valence-electron chi connectivity index (χ0n) is 9.78. The number of hydrazine groups is 1. The molecule has 0 spiro atoms. The van der Waals surface area contributed by atoms with Crippen molar-refractivity contribution in [3.05, 3.63) is 49.9 Å². The van der Waals surface area contributed by atoms with E-state index in [4.69, 9.17) is 29.0 Å². The number of hydrogen-bond donors (Lipinski definition) is 2. The Hall–Kier alpha value is -0.650. The van der Waals surface area contributed by atoms with Gasteiger partial charge in [-0.1, -0.05) is 29.3 Å². The van der Waals surface area contributed by atoms with E-state index in [1.54, 1.807) is 23.5 Å². The van der Waals surface area contributed by atoms with Crippen LogP contribution in [-0.4, -0.2) is 4.98 Å². The van der Waals surface area contributed by atoms with Crippen molar-refractivity contribution in [3.63, 3.8) is 0 Å². The third-order valence-electron chi connectivity index (χ3n) is 2.63. The third-order valence-corrected chi connectivity index (χ3v) is 4.11. The van der Waals surface area contributed by atoms with E-state index in [1.807, 2.05) is 18.4 Å². The number of thiazole rings is 1. The van der Waals surface area contributed by atoms with Gasteiger partial charge in [-0.2, -0.15) is 0 Å². The lowest BCUT2D eigenvalue weighted by Gasteiger charge is -2.18. The Morgan fingerprint density at radius 1 is 1.39 bits per heavy atom. The second-order valence-electron chi connectivity index (χ2n) is 3.92. The minimum absolute atomic E-state index is 0.146. The van der Waals surface area contributed by atoms with Crippen LogP contribution in [0.25, 0.3) is 0 Å². The second-order valence-corrected chi connectivity index (χ2v) is 5.79. The zero-order chi connectivity index (χ0) is 13.1. The SMILES string of the molecule is Cc1nc(CC(NN)c2c(Cl)cccc2Cl)cs1. The molecule has 1 aromatic carbocycles. The fraction of sp³-hybridized carbons (Fsp3) is 0.250. The van der Waals surface area contributed by atoms with E-state index in [9.17, 15) is 0 Å². The molecule has 6 heteroatoms. The fourth-order valence-corrected chi connectivity index (χ4v) is 3.09. The van der Waals surface area contributed by atoms with Crippen molar-refractivity contribution in [2.24, 2.45) is 5.84 Å². The molecule has 1 aromatic heterocycles. The second kappa shape index (κ2) is 5.99. The molecule has 2 rings (SSSR count). The monoisotopic (exact) mass is 301 g/mol. The first kappa shape index (κ1) is 13.8. The van der Waals surface area contributed by atoms with Crippen LogP contribution < -0.4 is 11.3 Å². The molecule has 0 saturated carbocycles. The van der Waals surface area contributed by atoms with E-state index in [1.165, 1.54) is 0 Å². The largest absolute Gasteiger partial charge is 0.271 e. The molecule has 3 nitrogen and oxygen atoms in total. The number of hydrogen-bond acceptors (Lipinski definition) is 4. The van der Waals surface area contributed by atoms with Crippen molar-refractivity contribution in [1.29, 1.82) is 0 Å². The van der Waals surface area contributed by atoms with Crippen LogP contribution in [0.2, 0.25) is 10.0 Å². The van der Waals surface area contributed by atoms with Crippen LogP contribution in [-0.2, 0) is 6.42 Å². The number of nitrogens with two attached hydrogens (primary N) is 1. The quantitative estimate of drug-likeness (QED) is 0.671. The summed E-state index contributed by atoms with van der Waals surface area (Å²) < 4.78 is 0. The van der Waals surface area contributed by atoms with Crippen LogP contribution in [0.3, 0.4) is 0 Å². The summed E-state index contributed by atoms with van der Waals surface area (Å²) in [5, 5.41) is 4.27. The normalized spacial score (nSPS) is 12.7. The maximum Gasteiger partial charge on any atom is 0.0897 e. The first-order valence-corrected chi connectivity index (χ1v) is 7.06. The summed E-state index contributed by atoms with van der Waals surface area (Å²) in [6.07, 6.45) is 0.657. The number of aromatic nitrogens is 1. The molecule has 3 N–H and O–H groups in total. The van der Waals surface area contributed by atoms with Crippen LogP contribution in [0.4, 0.5) is 0 Å². The van der Waals surface area contributed by atoms with Crippen LogP contribution in [0.15, 0.2) is 23.6 Å². The Labute approximate surface area is 120 Å². The summed E-state index contributed by atoms with van der Waals surface area (Å²) in [6, 6.07) is 5.28. The van der Waals surface area contributed by atoms with Gasteiger partial charge in [0.2, 0.25) is 0 Å². The molecule has 1 unspecified atom stereocenters. The summed E-state index contributed by atoms with van der Waals surface area (Å²) in [6.45, 7) is 1.97. The summed E-state index contributed by atoms with van der Waals surface area (Å²) >= 11 is 14.0. The van der Waals surface area contributed by atoms with Crippen molar-refractivity contribution in [2.75, 3.05) is 0 Å². The Balaban J connectivity index is 2.28. The molecule has 0 bridgehead atoms. The number of nitrogens with zero attached hydrogens (tertiary/aromatic N) is 1. The predicted octanol–water partition coefficient (Wildman–Crippen LogP) is 3.51. The molecule has 1 atom stereocenters. The molecule has 0 aliphatic heterocycles. The minimum atomic E-state index is -0.146. The van der Waals surface area contributed by atoms with Gasteiger partial charge in [0.25, 0.3) is 0 Å². The topological polar surface area (TPSA) is 50.9 Å². The van der Waals surface area contributed by atoms with E-state index >= 15 is 0 Å². The lowest BCUT2D eigenvalue weighted by molar-refractivity contribution is 0.547. The van der Waals surface area contributed by atoms with Crippen molar-refractivity contribution >= 4 is 34.5 Å². The van der Waals surface area contributed by atoms with E-state index in [0.29, 0.717) is 16.5 Å². The van der Waals surface area contributed by atoms with Gasteiger partial charge in [-0.15, -0.1) is 11.3 Å². The van der Waals surface area contributed by atoms with E-state index in [2.05, 4.69) is 10.4 Å². The first-order valence-electron chi connectivity index (χ1n) is 5.43. The highest BCUT2D eigenvalue weighted by Gasteiger charge is 2.18. The van der Waals surface area contributed by atoms with Crippen molar-refractivity contribution in [2.45, 2.75) is 19.4 Å². The number of halogens is 2. The van der Waals surface area contributed by atoms with Crippen molar-refractivity contribution < 1.29 is 0 Å². The third kappa shape index (κ3) is 3.02. The summed E-state index contributed by atoms with van der Waals surface area (Å²) in [5.74, 6) is 5.61. The molecule has 0 amide bonds. The highest BCUT2D eigenvalue weighted by Crippen LogP contribution is 2.31. The van der Waals surface area contributed by atoms with E-state index in [-0.39, 0.29) is 6.04 Å². The van der Waals surface area contributed by atoms with Gasteiger partial charge in [0.1, 0.15) is 0 Å². The van der Waals surface area contributed by atoms with Gasteiger partial charge < -0.3 is 0 Å². The fourth-order valence-electron chi connectivity index (χ4n) is 1.80. The molecular formula is C12H13Cl2N3S. The number of rotatable bonds is 4. The molecule has 0 aliphatic rings. The maximum absolute atomic E-state index is 6.18. The van der Waals surface area contributed by atoms with Crippen LogP contribution >= 0.6 is 34.5 Å². The average molecular weight is 302 g/mol. The Morgan fingerprint density at radius 2 is 2.06 bits per heavy atom. The van der Waals surface area contributed by atoms with E-state index < -0.39 is 0 Å². The predicted molar refractivity (Wildman–Crippen MR) is 77.1 cm³/mol. The summed E-state index contributed by atoms with van der Waals surface area (Å²) in [4.78, 5) is 4.42. The number of aryl methyl sites for hydroxylation is 1. The maximum atomic E-state index is 6.18. The van der Waals surface area contributed by atoms with Crippen LogP contribution in [0, 0.1) is 6.92 Å². The number of nitrogens with one attached hydrogen (secondary N) is 1. The van der Waals surface area contributed by atoms with Gasteiger partial charge in [0.05, 0.1) is 16.7 Å². The molecule has 96 valence electrons. The Bertz CT molecular complexity index is 522. The van der Waals surface area contributed by atoms with Gasteiger partial charge >= 0.3 is 0 Å². The molecule has 0 fully saturated rings. The average Bonchev–Trinajstić information content (AvgIpc) is 2.73. The Morgan fingerprint density at radius 3 is 2.56 bits per heavy atom. The Kier molecular flexibility index (Phi) is 4.59. The summed E-state index contributed by atoms with van der Waals surface area (Å²) in [7, 11) is 0. The molecule has 1 heterocycles. The minimum Gasteiger partial charge on any atom is -0.271 e. The first-order chi connectivity index (χ1) is 8.61. The van der Waals surface area contributed by atoms with Crippen molar-refractivity contribution in [3.8, 4) is 0 Å². The molecule has 0 aliphatic carbocycles. The van der Waals surface area contributed by atoms with Gasteiger partial charge in [-0.25, -0.2) is 4.98 Å². The highest BCUT2D eigenvalue weighted by molar-refractivity contribution is 7.09. The standard InChI is InChI=1S/C12H13Cl2N3S/c1-7-16-8(6-18-7)5-11(17-15)12-9(13)3-2-4-10(12)14/h2-4,6,11,17H,5,15H2,1H3. The molecule has 2 aromatic rings. The van der Waals surface area contributed by atoms with E-state index in [0.717, 1.165) is 16.3 Å². The van der Waals surface area contributed by atoms with Gasteiger partial charge in [0.15, 0.2) is 0 Å². The zero-order valence-corrected chi connectivity index (χ0v) is 12.1. The lowest BCUT2D eigenvalue weighted by Crippen LogP contribution is -2.30. The smallest absolute Gasteiger partial charge is 0.0897 e. The number of benzene rings is 1. The summed E-state index contributed by atoms with van der Waals surface area (Å²) in [5.41, 5.74) is 4.55. The molecule has 0 saturated heterocycles.